The molecule has 4 aromatic rings. The first-order valence-electron chi connectivity index (χ1n) is 13.5. The van der Waals surface area contributed by atoms with E-state index in [0.717, 1.165) is 14.2 Å². The molecule has 0 saturated carbocycles. The molecule has 10 nitrogen and oxygen atoms in total. The number of sulfonamides is 2. The Hall–Kier alpha value is -3.84. The second kappa shape index (κ2) is 12.2. The Morgan fingerprint density at radius 3 is 2.36 bits per heavy atom. The fourth-order valence-corrected chi connectivity index (χ4v) is 8.21. The number of carbonyl (C=O) groups excluding carboxylic acids is 1. The summed E-state index contributed by atoms with van der Waals surface area (Å²) in [5.74, 6) is -0.132. The van der Waals surface area contributed by atoms with Gasteiger partial charge in [-0.1, -0.05) is 55.5 Å². The van der Waals surface area contributed by atoms with E-state index in [0.29, 0.717) is 11.1 Å². The molecular weight excluding hydrogens is 576 g/mol. The summed E-state index contributed by atoms with van der Waals surface area (Å²) in [5, 5.41) is 3.51. The second-order valence-corrected chi connectivity index (χ2v) is 13.9. The molecule has 1 saturated heterocycles. The molecule has 0 aliphatic carbocycles. The van der Waals surface area contributed by atoms with E-state index in [4.69, 9.17) is 4.74 Å². The minimum absolute atomic E-state index is 0.0229. The van der Waals surface area contributed by atoms with E-state index >= 15 is 0 Å². The Labute approximate surface area is 246 Å². The predicted molar refractivity (Wildman–Crippen MR) is 159 cm³/mol. The molecule has 0 spiro atoms. The Morgan fingerprint density at radius 2 is 1.64 bits per heavy atom. The lowest BCUT2D eigenvalue weighted by Gasteiger charge is -2.39. The van der Waals surface area contributed by atoms with Crippen molar-refractivity contribution in [3.05, 3.63) is 96.7 Å². The molecule has 1 aliphatic rings. The molecule has 1 aromatic heterocycles. The minimum Gasteiger partial charge on any atom is -0.497 e. The van der Waals surface area contributed by atoms with E-state index in [9.17, 15) is 21.6 Å². The first-order valence-corrected chi connectivity index (χ1v) is 16.3. The highest BCUT2D eigenvalue weighted by Crippen LogP contribution is 2.29. The van der Waals surface area contributed by atoms with Crippen LogP contribution in [0.4, 0.5) is 0 Å². The number of piperazine rings is 1. The number of rotatable bonds is 9. The van der Waals surface area contributed by atoms with Crippen molar-refractivity contribution in [2.45, 2.75) is 28.7 Å². The highest BCUT2D eigenvalue weighted by atomic mass is 32.2. The number of nitrogens with one attached hydrogen (secondary N) is 1. The molecule has 0 radical (unpaired) electrons. The summed E-state index contributed by atoms with van der Waals surface area (Å²) < 4.78 is 62.8. The van der Waals surface area contributed by atoms with E-state index in [1.807, 2.05) is 37.3 Å². The molecule has 5 rings (SSSR count). The lowest BCUT2D eigenvalue weighted by atomic mass is 10.0. The van der Waals surface area contributed by atoms with Crippen LogP contribution in [0.2, 0.25) is 0 Å². The Bertz CT molecular complexity index is 1780. The molecule has 12 heteroatoms. The second-order valence-electron chi connectivity index (χ2n) is 10.1. The van der Waals surface area contributed by atoms with Gasteiger partial charge in [0.15, 0.2) is 0 Å². The van der Waals surface area contributed by atoms with Crippen LogP contribution >= 0.6 is 0 Å². The first-order chi connectivity index (χ1) is 20.1. The minimum atomic E-state index is -4.24. The molecule has 3 aromatic carbocycles. The van der Waals surface area contributed by atoms with Crippen molar-refractivity contribution in [3.63, 3.8) is 0 Å². The normalized spacial score (nSPS) is 17.5. The van der Waals surface area contributed by atoms with Crippen LogP contribution in [0.5, 0.6) is 5.75 Å². The number of amides is 1. The van der Waals surface area contributed by atoms with Crippen LogP contribution in [0.3, 0.4) is 0 Å². The Balaban J connectivity index is 1.47. The van der Waals surface area contributed by atoms with Crippen molar-refractivity contribution >= 4 is 36.9 Å². The van der Waals surface area contributed by atoms with Crippen LogP contribution in [0.1, 0.15) is 18.4 Å². The van der Waals surface area contributed by atoms with Crippen molar-refractivity contribution in [1.29, 1.82) is 0 Å². The number of aromatic nitrogens is 1. The predicted octanol–water partition coefficient (Wildman–Crippen LogP) is 3.23. The largest absolute Gasteiger partial charge is 0.497 e. The third-order valence-corrected chi connectivity index (χ3v) is 11.2. The zero-order valence-electron chi connectivity index (χ0n) is 23.3. The van der Waals surface area contributed by atoms with Gasteiger partial charge < -0.3 is 10.1 Å². The fraction of sp³-hybridized carbons (Fsp3) is 0.267. The highest BCUT2D eigenvalue weighted by molar-refractivity contribution is 7.89. The van der Waals surface area contributed by atoms with E-state index < -0.39 is 32.0 Å². The van der Waals surface area contributed by atoms with E-state index in [-0.39, 0.29) is 47.4 Å². The van der Waals surface area contributed by atoms with Gasteiger partial charge in [0.1, 0.15) is 16.7 Å². The average molecular weight is 609 g/mol. The zero-order chi connectivity index (χ0) is 29.9. The number of carbonyl (C=O) groups is 1. The SMILES string of the molecule is COc1ccc(S(=O)(=O)N2CCN(S(=O)(=O)c3cccc4cccnc34)C(C(=O)NCC(C)c3ccccc3)C2)cc1. The molecule has 220 valence electrons. The molecule has 1 fully saturated rings. The van der Waals surface area contributed by atoms with Gasteiger partial charge in [-0.25, -0.2) is 16.8 Å². The lowest BCUT2D eigenvalue weighted by Crippen LogP contribution is -2.61. The van der Waals surface area contributed by atoms with Crippen LogP contribution in [-0.4, -0.2) is 75.7 Å². The van der Waals surface area contributed by atoms with Gasteiger partial charge in [-0.3, -0.25) is 9.78 Å². The van der Waals surface area contributed by atoms with Gasteiger partial charge in [0.05, 0.1) is 17.5 Å². The Morgan fingerprint density at radius 1 is 0.929 bits per heavy atom. The van der Waals surface area contributed by atoms with E-state index in [1.54, 1.807) is 24.3 Å². The summed E-state index contributed by atoms with van der Waals surface area (Å²) >= 11 is 0. The van der Waals surface area contributed by atoms with Crippen molar-refractivity contribution in [2.75, 3.05) is 33.3 Å². The third-order valence-electron chi connectivity index (χ3n) is 7.43. The monoisotopic (exact) mass is 608 g/mol. The summed E-state index contributed by atoms with van der Waals surface area (Å²) in [6.45, 7) is 1.50. The molecule has 1 aliphatic heterocycles. The molecule has 1 amide bonds. The number of pyridine rings is 1. The molecule has 2 unspecified atom stereocenters. The quantitative estimate of drug-likeness (QED) is 0.309. The van der Waals surface area contributed by atoms with E-state index in [2.05, 4.69) is 10.3 Å². The third kappa shape index (κ3) is 5.88. The number of ether oxygens (including phenoxy) is 1. The van der Waals surface area contributed by atoms with Gasteiger partial charge in [0, 0.05) is 37.8 Å². The number of benzene rings is 3. The van der Waals surface area contributed by atoms with Crippen LogP contribution < -0.4 is 10.1 Å². The number of nitrogens with zero attached hydrogens (tertiary/aromatic N) is 3. The number of hydrogen-bond acceptors (Lipinski definition) is 7. The van der Waals surface area contributed by atoms with E-state index in [1.165, 1.54) is 43.6 Å². The summed E-state index contributed by atoms with van der Waals surface area (Å²) in [7, 11) is -6.79. The van der Waals surface area contributed by atoms with Crippen molar-refractivity contribution in [3.8, 4) is 5.75 Å². The summed E-state index contributed by atoms with van der Waals surface area (Å²) in [6, 6.07) is 22.5. The van der Waals surface area contributed by atoms with Gasteiger partial charge in [-0.15, -0.1) is 0 Å². The van der Waals surface area contributed by atoms with Gasteiger partial charge in [0.25, 0.3) is 0 Å². The number of methoxy groups -OCH3 is 1. The molecule has 2 atom stereocenters. The molecule has 1 N–H and O–H groups in total. The van der Waals surface area contributed by atoms with Gasteiger partial charge in [0.2, 0.25) is 26.0 Å². The maximum absolute atomic E-state index is 14.1. The van der Waals surface area contributed by atoms with Gasteiger partial charge in [-0.05, 0) is 47.9 Å². The molecule has 42 heavy (non-hydrogen) atoms. The Kier molecular flexibility index (Phi) is 8.60. The topological polar surface area (TPSA) is 126 Å². The van der Waals surface area contributed by atoms with Gasteiger partial charge >= 0.3 is 0 Å². The maximum atomic E-state index is 14.1. The number of hydrogen-bond donors (Lipinski definition) is 1. The van der Waals surface area contributed by atoms with Crippen molar-refractivity contribution in [1.82, 2.24) is 18.9 Å². The van der Waals surface area contributed by atoms with Crippen LogP contribution in [0.25, 0.3) is 10.9 Å². The molecular formula is C30H32N4O6S2. The highest BCUT2D eigenvalue weighted by Gasteiger charge is 2.44. The smallest absolute Gasteiger partial charge is 0.246 e. The van der Waals surface area contributed by atoms with Crippen LogP contribution in [0.15, 0.2) is 101 Å². The van der Waals surface area contributed by atoms with Crippen molar-refractivity contribution < 1.29 is 26.4 Å². The summed E-state index contributed by atoms with van der Waals surface area (Å²) in [6.07, 6.45) is 1.51. The van der Waals surface area contributed by atoms with Gasteiger partial charge in [-0.2, -0.15) is 8.61 Å². The standard InChI is InChI=1S/C30H32N4O6S2/c1-22(23-8-4-3-5-9-23)20-32-30(35)27-21-33(41(36,37)26-15-13-25(40-2)14-16-26)18-19-34(27)42(38,39)28-12-6-10-24-11-7-17-31-29(24)28/h3-17,22,27H,18-21H2,1-2H3,(H,32,35). The summed E-state index contributed by atoms with van der Waals surface area (Å²) in [4.78, 5) is 18.0. The fourth-order valence-electron chi connectivity index (χ4n) is 5.04. The average Bonchev–Trinajstić information content (AvgIpc) is 3.03. The number of para-hydroxylation sites is 1. The molecule has 0 bridgehead atoms. The number of fused-ring (bicyclic) bond motifs is 1. The first kappa shape index (κ1) is 29.6. The maximum Gasteiger partial charge on any atom is 0.246 e. The van der Waals surface area contributed by atoms with Crippen molar-refractivity contribution in [2.24, 2.45) is 0 Å². The lowest BCUT2D eigenvalue weighted by molar-refractivity contribution is -0.125. The summed E-state index contributed by atoms with van der Waals surface area (Å²) in [5.41, 5.74) is 1.29. The zero-order valence-corrected chi connectivity index (χ0v) is 24.9. The van der Waals surface area contributed by atoms with Crippen LogP contribution in [0, 0.1) is 0 Å². The van der Waals surface area contributed by atoms with Crippen LogP contribution in [-0.2, 0) is 24.8 Å². The molecule has 2 heterocycles.